The van der Waals surface area contributed by atoms with E-state index in [1.807, 2.05) is 18.2 Å². The van der Waals surface area contributed by atoms with Gasteiger partial charge in [0.25, 0.3) is 5.56 Å². The van der Waals surface area contributed by atoms with Gasteiger partial charge in [0.1, 0.15) is 10.7 Å². The number of hydrogen-bond donors (Lipinski definition) is 3. The number of nitrogens with one attached hydrogen (secondary N) is 1. The van der Waals surface area contributed by atoms with Gasteiger partial charge in [-0.2, -0.15) is 10.1 Å². The van der Waals surface area contributed by atoms with Gasteiger partial charge in [0.15, 0.2) is 0 Å². The van der Waals surface area contributed by atoms with Crippen molar-refractivity contribution in [3.8, 4) is 0 Å². The van der Waals surface area contributed by atoms with Gasteiger partial charge in [-0.05, 0) is 43.2 Å². The summed E-state index contributed by atoms with van der Waals surface area (Å²) in [6, 6.07) is 6.15. The van der Waals surface area contributed by atoms with Crippen molar-refractivity contribution in [1.82, 2.24) is 19.7 Å². The van der Waals surface area contributed by atoms with Crippen molar-refractivity contribution in [3.05, 3.63) is 34.7 Å². The molecule has 8 nitrogen and oxygen atoms in total. The second-order valence-electron chi connectivity index (χ2n) is 8.53. The summed E-state index contributed by atoms with van der Waals surface area (Å²) in [5.41, 5.74) is 13.8. The van der Waals surface area contributed by atoms with Crippen LogP contribution in [0, 0.1) is 5.41 Å². The van der Waals surface area contributed by atoms with Crippen LogP contribution in [0.5, 0.6) is 0 Å². The van der Waals surface area contributed by atoms with Crippen molar-refractivity contribution in [2.45, 2.75) is 47.9 Å². The quantitative estimate of drug-likeness (QED) is 0.590. The van der Waals surface area contributed by atoms with E-state index in [-0.39, 0.29) is 16.8 Å². The highest BCUT2D eigenvalue weighted by Gasteiger charge is 2.43. The largest absolute Gasteiger partial charge is 0.382 e. The van der Waals surface area contributed by atoms with E-state index in [0.717, 1.165) is 48.2 Å². The first kappa shape index (κ1) is 19.4. The summed E-state index contributed by atoms with van der Waals surface area (Å²) in [7, 11) is 1.78. The second-order valence-corrected chi connectivity index (χ2v) is 9.58. The number of nitrogens with two attached hydrogens (primary N) is 2. The molecule has 3 heterocycles. The molecule has 3 aromatic rings. The number of aromatic nitrogens is 4. The maximum absolute atomic E-state index is 13.2. The van der Waals surface area contributed by atoms with Gasteiger partial charge in [-0.15, -0.1) is 0 Å². The molecule has 1 spiro atoms. The zero-order valence-corrected chi connectivity index (χ0v) is 17.9. The van der Waals surface area contributed by atoms with Crippen LogP contribution >= 0.6 is 11.8 Å². The van der Waals surface area contributed by atoms with Crippen molar-refractivity contribution in [3.63, 3.8) is 0 Å². The molecule has 1 saturated heterocycles. The summed E-state index contributed by atoms with van der Waals surface area (Å²) in [5, 5.41) is 8.01. The van der Waals surface area contributed by atoms with Crippen LogP contribution in [0.15, 0.2) is 39.0 Å². The molecule has 5 rings (SSSR count). The summed E-state index contributed by atoms with van der Waals surface area (Å²) >= 11 is 1.34. The Bertz CT molecular complexity index is 1150. The van der Waals surface area contributed by atoms with Crippen LogP contribution in [0.25, 0.3) is 10.9 Å². The van der Waals surface area contributed by atoms with Crippen LogP contribution < -0.4 is 21.9 Å². The lowest BCUT2D eigenvalue weighted by Gasteiger charge is -2.42. The molecule has 1 aromatic carbocycles. The number of H-pyrrole nitrogens is 1. The number of anilines is 2. The van der Waals surface area contributed by atoms with Gasteiger partial charge in [-0.1, -0.05) is 24.2 Å². The zero-order valence-electron chi connectivity index (χ0n) is 17.1. The average molecular weight is 426 g/mol. The number of rotatable bonds is 3. The summed E-state index contributed by atoms with van der Waals surface area (Å²) in [6.07, 6.45) is 7.41. The smallest absolute Gasteiger partial charge is 0.270 e. The molecule has 0 unspecified atom stereocenters. The lowest BCUT2D eigenvalue weighted by atomic mass is 9.74. The first-order valence-corrected chi connectivity index (χ1v) is 11.3. The molecule has 0 radical (unpaired) electrons. The maximum atomic E-state index is 13.2. The van der Waals surface area contributed by atoms with E-state index < -0.39 is 0 Å². The molecule has 2 fully saturated rings. The summed E-state index contributed by atoms with van der Waals surface area (Å²) < 4.78 is 1.63. The number of nitrogens with zero attached hydrogens (tertiary/aromatic N) is 4. The van der Waals surface area contributed by atoms with Crippen LogP contribution in [0.3, 0.4) is 0 Å². The Morgan fingerprint density at radius 2 is 2.07 bits per heavy atom. The molecule has 1 atom stereocenters. The minimum Gasteiger partial charge on any atom is -0.382 e. The van der Waals surface area contributed by atoms with Gasteiger partial charge < -0.3 is 16.4 Å². The van der Waals surface area contributed by atoms with Crippen LogP contribution in [-0.4, -0.2) is 38.9 Å². The summed E-state index contributed by atoms with van der Waals surface area (Å²) in [6.45, 7) is 1.71. The molecule has 30 heavy (non-hydrogen) atoms. The lowest BCUT2D eigenvalue weighted by Crippen LogP contribution is -2.48. The number of nitrogen functional groups attached to an aromatic ring is 1. The molecule has 0 bridgehead atoms. The molecule has 0 amide bonds. The first-order valence-electron chi connectivity index (χ1n) is 10.5. The maximum Gasteiger partial charge on any atom is 0.270 e. The van der Waals surface area contributed by atoms with Crippen molar-refractivity contribution in [2.24, 2.45) is 18.2 Å². The average Bonchev–Trinajstić information content (AvgIpc) is 3.36. The van der Waals surface area contributed by atoms with Crippen molar-refractivity contribution in [1.29, 1.82) is 0 Å². The van der Waals surface area contributed by atoms with Crippen LogP contribution in [0.4, 0.5) is 11.8 Å². The molecule has 158 valence electrons. The van der Waals surface area contributed by atoms with E-state index in [9.17, 15) is 4.79 Å². The third-order valence-corrected chi connectivity index (χ3v) is 8.09. The molecule has 1 saturated carbocycles. The van der Waals surface area contributed by atoms with Gasteiger partial charge in [0.05, 0.1) is 11.7 Å². The number of hydrogen-bond acceptors (Lipinski definition) is 7. The normalized spacial score (nSPS) is 21.0. The van der Waals surface area contributed by atoms with Gasteiger partial charge in [-0.3, -0.25) is 14.5 Å². The zero-order chi connectivity index (χ0) is 20.9. The Morgan fingerprint density at radius 1 is 1.27 bits per heavy atom. The van der Waals surface area contributed by atoms with E-state index in [0.29, 0.717) is 16.9 Å². The number of benzene rings is 1. The van der Waals surface area contributed by atoms with Gasteiger partial charge in [0, 0.05) is 36.5 Å². The molecule has 9 heteroatoms. The van der Waals surface area contributed by atoms with E-state index >= 15 is 0 Å². The third-order valence-electron chi connectivity index (χ3n) is 6.93. The van der Waals surface area contributed by atoms with Crippen molar-refractivity contribution in [2.75, 3.05) is 23.7 Å². The highest BCUT2D eigenvalue weighted by molar-refractivity contribution is 7.99. The van der Waals surface area contributed by atoms with Crippen LogP contribution in [0.1, 0.15) is 32.1 Å². The molecule has 2 aromatic heterocycles. The number of piperidine rings is 1. The SMILES string of the molecule is Cn1c(N2CCC3(CCC[C@H]3N)CC2)nc(N)c(Sc2cccc3[nH]ncc23)c1=O. The summed E-state index contributed by atoms with van der Waals surface area (Å²) in [5.74, 6) is 0.918. The van der Waals surface area contributed by atoms with E-state index in [2.05, 4.69) is 20.1 Å². The van der Waals surface area contributed by atoms with Gasteiger partial charge >= 0.3 is 0 Å². The first-order chi connectivity index (χ1) is 14.5. The monoisotopic (exact) mass is 425 g/mol. The Kier molecular flexibility index (Phi) is 4.74. The van der Waals surface area contributed by atoms with Gasteiger partial charge in [-0.25, -0.2) is 0 Å². The Hall–Kier alpha value is -2.52. The van der Waals surface area contributed by atoms with Crippen LogP contribution in [-0.2, 0) is 7.05 Å². The minimum atomic E-state index is -0.124. The molecule has 2 aliphatic rings. The van der Waals surface area contributed by atoms with Crippen LogP contribution in [0.2, 0.25) is 0 Å². The van der Waals surface area contributed by atoms with E-state index in [1.165, 1.54) is 24.6 Å². The molecular formula is C21H27N7OS. The second kappa shape index (κ2) is 7.31. The highest BCUT2D eigenvalue weighted by Crippen LogP contribution is 2.46. The Morgan fingerprint density at radius 3 is 2.80 bits per heavy atom. The molecule has 1 aliphatic carbocycles. The van der Waals surface area contributed by atoms with E-state index in [4.69, 9.17) is 11.5 Å². The predicted octanol–water partition coefficient (Wildman–Crippen LogP) is 2.49. The highest BCUT2D eigenvalue weighted by atomic mass is 32.2. The molecule has 5 N–H and O–H groups in total. The molecule has 1 aliphatic heterocycles. The number of aromatic amines is 1. The fourth-order valence-electron chi connectivity index (χ4n) is 5.04. The van der Waals surface area contributed by atoms with Crippen molar-refractivity contribution >= 4 is 34.4 Å². The minimum absolute atomic E-state index is 0.124. The van der Waals surface area contributed by atoms with Gasteiger partial charge in [0.2, 0.25) is 5.95 Å². The Labute approximate surface area is 179 Å². The Balaban J connectivity index is 1.43. The third kappa shape index (κ3) is 3.07. The molecular weight excluding hydrogens is 398 g/mol. The van der Waals surface area contributed by atoms with Crippen molar-refractivity contribution < 1.29 is 0 Å². The predicted molar refractivity (Wildman–Crippen MR) is 120 cm³/mol. The lowest BCUT2D eigenvalue weighted by molar-refractivity contribution is 0.196. The fourth-order valence-corrected chi connectivity index (χ4v) is 6.06. The number of fused-ring (bicyclic) bond motifs is 1. The summed E-state index contributed by atoms with van der Waals surface area (Å²) in [4.78, 5) is 21.4. The van der Waals surface area contributed by atoms with E-state index in [1.54, 1.807) is 17.8 Å². The topological polar surface area (TPSA) is 119 Å². The standard InChI is InChI=1S/C21H27N7OS/c1-27-19(29)17(30-15-5-2-4-14-13(15)12-24-26-14)18(23)25-20(27)28-10-8-21(9-11-28)7-3-6-16(21)22/h2,4-5,12,16H,3,6-11,22-23H2,1H3,(H,24,26)/t16-/m1/s1. The fraction of sp³-hybridized carbons (Fsp3) is 0.476.